The van der Waals surface area contributed by atoms with E-state index in [1.54, 1.807) is 0 Å². The Bertz CT molecular complexity index is 335. The van der Waals surface area contributed by atoms with Crippen molar-refractivity contribution in [1.29, 1.82) is 0 Å². The zero-order valence-corrected chi connectivity index (χ0v) is 15.1. The summed E-state index contributed by atoms with van der Waals surface area (Å²) in [7, 11) is 0. The first-order valence-corrected chi connectivity index (χ1v) is 8.60. The van der Waals surface area contributed by atoms with Gasteiger partial charge in [0.1, 0.15) is 0 Å². The highest BCUT2D eigenvalue weighted by molar-refractivity contribution is 5.99. The number of carbonyl (C=O) groups excluding carboxylic acids is 1. The van der Waals surface area contributed by atoms with Crippen LogP contribution in [0.5, 0.6) is 0 Å². The Kier molecular flexibility index (Phi) is 9.38. The molecule has 0 aromatic rings. The van der Waals surface area contributed by atoms with Gasteiger partial charge in [0.2, 0.25) is 0 Å². The van der Waals surface area contributed by atoms with Crippen LogP contribution in [0.25, 0.3) is 0 Å². The number of hydrogen-bond acceptors (Lipinski definition) is 3. The molecule has 0 saturated carbocycles. The standard InChI is InChI=1S/C18H34O4/c1-7-8-15(6)22-17(21)18(16(19)20,11-9-13(2)3)12-10-14(4)5/h13-15H,7-12H2,1-6H3,(H,19,20). The second-order valence-electron chi connectivity index (χ2n) is 7.26. The maximum atomic E-state index is 12.6. The minimum Gasteiger partial charge on any atom is -0.480 e. The molecule has 130 valence electrons. The summed E-state index contributed by atoms with van der Waals surface area (Å²) in [5.74, 6) is -0.873. The average Bonchev–Trinajstić information content (AvgIpc) is 2.38. The van der Waals surface area contributed by atoms with Crippen molar-refractivity contribution in [3.8, 4) is 0 Å². The minimum atomic E-state index is -1.39. The summed E-state index contributed by atoms with van der Waals surface area (Å²) in [6.07, 6.45) is 3.56. The van der Waals surface area contributed by atoms with Gasteiger partial charge in [0, 0.05) is 0 Å². The first-order valence-electron chi connectivity index (χ1n) is 8.60. The van der Waals surface area contributed by atoms with Crippen LogP contribution >= 0.6 is 0 Å². The summed E-state index contributed by atoms with van der Waals surface area (Å²) in [6.45, 7) is 12.0. The fourth-order valence-electron chi connectivity index (χ4n) is 2.46. The fourth-order valence-corrected chi connectivity index (χ4v) is 2.46. The van der Waals surface area contributed by atoms with E-state index < -0.39 is 17.4 Å². The zero-order valence-electron chi connectivity index (χ0n) is 15.1. The molecule has 4 heteroatoms. The SMILES string of the molecule is CCCC(C)OC(=O)C(CCC(C)C)(CCC(C)C)C(=O)O. The molecule has 22 heavy (non-hydrogen) atoms. The van der Waals surface area contributed by atoms with Gasteiger partial charge in [-0.2, -0.15) is 0 Å². The minimum absolute atomic E-state index is 0.227. The van der Waals surface area contributed by atoms with Crippen molar-refractivity contribution in [3.63, 3.8) is 0 Å². The maximum Gasteiger partial charge on any atom is 0.323 e. The van der Waals surface area contributed by atoms with Gasteiger partial charge in [0.05, 0.1) is 6.10 Å². The molecule has 0 aliphatic rings. The van der Waals surface area contributed by atoms with Gasteiger partial charge >= 0.3 is 11.9 Å². The lowest BCUT2D eigenvalue weighted by Crippen LogP contribution is -2.42. The molecule has 0 rings (SSSR count). The average molecular weight is 314 g/mol. The number of carbonyl (C=O) groups is 2. The van der Waals surface area contributed by atoms with Crippen molar-refractivity contribution in [2.75, 3.05) is 0 Å². The summed E-state index contributed by atoms with van der Waals surface area (Å²) in [5, 5.41) is 9.76. The molecule has 0 heterocycles. The van der Waals surface area contributed by atoms with E-state index in [9.17, 15) is 14.7 Å². The van der Waals surface area contributed by atoms with Gasteiger partial charge in [-0.3, -0.25) is 9.59 Å². The summed E-state index contributed by atoms with van der Waals surface area (Å²) < 4.78 is 5.46. The van der Waals surface area contributed by atoms with Crippen LogP contribution < -0.4 is 0 Å². The van der Waals surface area contributed by atoms with Crippen molar-refractivity contribution in [1.82, 2.24) is 0 Å². The smallest absolute Gasteiger partial charge is 0.323 e. The van der Waals surface area contributed by atoms with Gasteiger partial charge in [0.25, 0.3) is 0 Å². The number of carboxylic acids is 1. The van der Waals surface area contributed by atoms with E-state index in [2.05, 4.69) is 0 Å². The summed E-state index contributed by atoms with van der Waals surface area (Å²) in [5.41, 5.74) is -1.39. The van der Waals surface area contributed by atoms with Crippen molar-refractivity contribution in [3.05, 3.63) is 0 Å². The molecule has 1 N–H and O–H groups in total. The number of rotatable bonds is 11. The molecule has 0 bridgehead atoms. The van der Waals surface area contributed by atoms with Crippen LogP contribution in [0.3, 0.4) is 0 Å². The molecule has 0 amide bonds. The Labute approximate surface area is 135 Å². The molecule has 0 fully saturated rings. The molecular weight excluding hydrogens is 280 g/mol. The lowest BCUT2D eigenvalue weighted by Gasteiger charge is -2.30. The molecule has 0 aliphatic heterocycles. The van der Waals surface area contributed by atoms with Crippen molar-refractivity contribution < 1.29 is 19.4 Å². The van der Waals surface area contributed by atoms with Gasteiger partial charge in [-0.05, 0) is 50.9 Å². The molecule has 0 spiro atoms. The highest BCUT2D eigenvalue weighted by Crippen LogP contribution is 2.35. The maximum absolute atomic E-state index is 12.6. The van der Waals surface area contributed by atoms with E-state index >= 15 is 0 Å². The van der Waals surface area contributed by atoms with Crippen molar-refractivity contribution in [2.45, 2.75) is 86.2 Å². The zero-order chi connectivity index (χ0) is 17.3. The third kappa shape index (κ3) is 6.80. The first kappa shape index (κ1) is 20.9. The Morgan fingerprint density at radius 2 is 1.41 bits per heavy atom. The van der Waals surface area contributed by atoms with Gasteiger partial charge in [-0.15, -0.1) is 0 Å². The van der Waals surface area contributed by atoms with E-state index in [1.807, 2.05) is 41.5 Å². The van der Waals surface area contributed by atoms with Crippen LogP contribution in [0, 0.1) is 17.3 Å². The molecule has 0 aromatic heterocycles. The van der Waals surface area contributed by atoms with E-state index in [0.29, 0.717) is 37.5 Å². The number of ether oxygens (including phenoxy) is 1. The normalized spacial score (nSPS) is 13.5. The van der Waals surface area contributed by atoms with E-state index in [1.165, 1.54) is 0 Å². The molecule has 0 aromatic carbocycles. The highest BCUT2D eigenvalue weighted by Gasteiger charge is 2.47. The first-order chi connectivity index (χ1) is 10.2. The van der Waals surface area contributed by atoms with Crippen molar-refractivity contribution >= 4 is 11.9 Å². The number of hydrogen-bond donors (Lipinski definition) is 1. The summed E-state index contributed by atoms with van der Waals surface area (Å²) in [6, 6.07) is 0. The van der Waals surface area contributed by atoms with E-state index in [0.717, 1.165) is 12.8 Å². The second kappa shape index (κ2) is 9.86. The Morgan fingerprint density at radius 1 is 0.955 bits per heavy atom. The van der Waals surface area contributed by atoms with Crippen LogP contribution in [-0.4, -0.2) is 23.1 Å². The Morgan fingerprint density at radius 3 is 1.73 bits per heavy atom. The quantitative estimate of drug-likeness (QED) is 0.445. The van der Waals surface area contributed by atoms with Gasteiger partial charge in [-0.25, -0.2) is 0 Å². The number of carboxylic acid groups (broad SMARTS) is 1. The van der Waals surface area contributed by atoms with Crippen molar-refractivity contribution in [2.24, 2.45) is 17.3 Å². The second-order valence-corrected chi connectivity index (χ2v) is 7.26. The molecule has 1 atom stereocenters. The predicted octanol–water partition coefficient (Wildman–Crippen LogP) is 4.66. The van der Waals surface area contributed by atoms with Crippen LogP contribution in [-0.2, 0) is 14.3 Å². The summed E-state index contributed by atoms with van der Waals surface area (Å²) >= 11 is 0. The van der Waals surface area contributed by atoms with E-state index in [4.69, 9.17) is 4.74 Å². The third-order valence-electron chi connectivity index (χ3n) is 4.10. The lowest BCUT2D eigenvalue weighted by molar-refractivity contribution is -0.174. The fraction of sp³-hybridized carbons (Fsp3) is 0.889. The number of esters is 1. The van der Waals surface area contributed by atoms with Crippen LogP contribution in [0.2, 0.25) is 0 Å². The van der Waals surface area contributed by atoms with Crippen LogP contribution in [0.15, 0.2) is 0 Å². The highest BCUT2D eigenvalue weighted by atomic mass is 16.5. The number of aliphatic carboxylic acids is 1. The van der Waals surface area contributed by atoms with Crippen LogP contribution in [0.4, 0.5) is 0 Å². The monoisotopic (exact) mass is 314 g/mol. The third-order valence-corrected chi connectivity index (χ3v) is 4.10. The van der Waals surface area contributed by atoms with Gasteiger partial charge in [0.15, 0.2) is 5.41 Å². The van der Waals surface area contributed by atoms with Gasteiger partial charge in [-0.1, -0.05) is 41.0 Å². The van der Waals surface area contributed by atoms with Crippen LogP contribution in [0.1, 0.15) is 80.1 Å². The van der Waals surface area contributed by atoms with Gasteiger partial charge < -0.3 is 9.84 Å². The molecule has 4 nitrogen and oxygen atoms in total. The predicted molar refractivity (Wildman–Crippen MR) is 88.7 cm³/mol. The summed E-state index contributed by atoms with van der Waals surface area (Å²) in [4.78, 5) is 24.5. The largest absolute Gasteiger partial charge is 0.480 e. The van der Waals surface area contributed by atoms with E-state index in [-0.39, 0.29) is 6.10 Å². The molecule has 0 aliphatic carbocycles. The topological polar surface area (TPSA) is 63.6 Å². The lowest BCUT2D eigenvalue weighted by atomic mass is 9.76. The molecule has 0 saturated heterocycles. The molecular formula is C18H34O4. The Hall–Kier alpha value is -1.06. The Balaban J connectivity index is 5.22. The molecule has 1 unspecified atom stereocenters. The molecule has 0 radical (unpaired) electrons.